The van der Waals surface area contributed by atoms with E-state index in [9.17, 15) is 9.59 Å². The molecule has 0 saturated heterocycles. The molecule has 1 unspecified atom stereocenters. The zero-order valence-electron chi connectivity index (χ0n) is 19.9. The van der Waals surface area contributed by atoms with Crippen molar-refractivity contribution >= 4 is 52.3 Å². The third kappa shape index (κ3) is 5.00. The number of para-hydroxylation sites is 2. The summed E-state index contributed by atoms with van der Waals surface area (Å²) in [6, 6.07) is 17.1. The predicted molar refractivity (Wildman–Crippen MR) is 141 cm³/mol. The third-order valence-electron chi connectivity index (χ3n) is 5.70. The lowest BCUT2D eigenvalue weighted by Crippen LogP contribution is -2.37. The predicted octanol–water partition coefficient (Wildman–Crippen LogP) is 4.26. The number of hydrogen-bond donors (Lipinski definition) is 4. The summed E-state index contributed by atoms with van der Waals surface area (Å²) in [4.78, 5) is 38.8. The summed E-state index contributed by atoms with van der Waals surface area (Å²) >= 11 is 6.52. The van der Waals surface area contributed by atoms with Gasteiger partial charge in [0.15, 0.2) is 5.58 Å². The number of benzene rings is 2. The van der Waals surface area contributed by atoms with Crippen LogP contribution in [-0.2, 0) is 4.79 Å². The first kappa shape index (κ1) is 24.0. The van der Waals surface area contributed by atoms with E-state index in [0.29, 0.717) is 44.5 Å². The van der Waals surface area contributed by atoms with Gasteiger partial charge in [0.2, 0.25) is 5.96 Å². The maximum atomic E-state index is 13.5. The van der Waals surface area contributed by atoms with E-state index in [1.807, 2.05) is 36.4 Å². The monoisotopic (exact) mass is 515 g/mol. The lowest BCUT2D eigenvalue weighted by Gasteiger charge is -2.26. The highest BCUT2D eigenvalue weighted by Crippen LogP contribution is 2.35. The number of allylic oxidation sites excluding steroid dienone is 1. The van der Waals surface area contributed by atoms with Crippen molar-refractivity contribution in [2.75, 3.05) is 17.7 Å². The quantitative estimate of drug-likeness (QED) is 0.312. The number of fused-ring (bicyclic) bond motifs is 1. The molecule has 5 rings (SSSR count). The van der Waals surface area contributed by atoms with Crippen LogP contribution in [0, 0.1) is 0 Å². The molecule has 10 nitrogen and oxygen atoms in total. The van der Waals surface area contributed by atoms with E-state index in [1.165, 1.54) is 19.3 Å². The number of hydrogen-bond acceptors (Lipinski definition) is 8. The number of carbonyl (C=O) groups excluding carboxylic acids is 2. The van der Waals surface area contributed by atoms with E-state index in [1.54, 1.807) is 25.1 Å². The number of guanidine groups is 1. The van der Waals surface area contributed by atoms with E-state index in [2.05, 4.69) is 31.2 Å². The van der Waals surface area contributed by atoms with E-state index < -0.39 is 11.9 Å². The van der Waals surface area contributed by atoms with Gasteiger partial charge in [-0.15, -0.1) is 0 Å². The van der Waals surface area contributed by atoms with Gasteiger partial charge in [0.05, 0.1) is 5.57 Å². The average Bonchev–Trinajstić information content (AvgIpc) is 3.30. The summed E-state index contributed by atoms with van der Waals surface area (Å²) in [5, 5.41) is 11.9. The van der Waals surface area contributed by atoms with Gasteiger partial charge in [-0.3, -0.25) is 14.9 Å². The van der Waals surface area contributed by atoms with E-state index in [4.69, 9.17) is 21.0 Å². The Kier molecular flexibility index (Phi) is 6.57. The summed E-state index contributed by atoms with van der Waals surface area (Å²) < 4.78 is 5.76. The van der Waals surface area contributed by atoms with Gasteiger partial charge in [-0.2, -0.15) is 4.98 Å². The van der Waals surface area contributed by atoms with Gasteiger partial charge in [-0.05, 0) is 37.3 Å². The summed E-state index contributed by atoms with van der Waals surface area (Å²) in [6.45, 7) is 1.76. The Morgan fingerprint density at radius 3 is 2.62 bits per heavy atom. The molecule has 37 heavy (non-hydrogen) atoms. The number of rotatable bonds is 5. The SMILES string of the molecule is CNC(=O)c1ccnc(NC(=O)C2=C(C)NC(Nc3nc4ccccc4o3)=NC2c2ccccc2Cl)c1. The molecule has 3 heterocycles. The van der Waals surface area contributed by atoms with Crippen LogP contribution >= 0.6 is 11.6 Å². The van der Waals surface area contributed by atoms with E-state index in [-0.39, 0.29) is 17.7 Å². The smallest absolute Gasteiger partial charge is 0.302 e. The maximum Gasteiger partial charge on any atom is 0.302 e. The molecular weight excluding hydrogens is 494 g/mol. The van der Waals surface area contributed by atoms with Crippen LogP contribution in [0.25, 0.3) is 11.1 Å². The molecule has 1 aliphatic heterocycles. The molecule has 0 bridgehead atoms. The van der Waals surface area contributed by atoms with Crippen molar-refractivity contribution in [3.63, 3.8) is 0 Å². The third-order valence-corrected chi connectivity index (χ3v) is 6.04. The Bertz CT molecular complexity index is 1540. The van der Waals surface area contributed by atoms with Crippen molar-refractivity contribution in [1.29, 1.82) is 0 Å². The zero-order chi connectivity index (χ0) is 25.9. The largest absolute Gasteiger partial charge is 0.423 e. The Labute approximate surface area is 216 Å². The van der Waals surface area contributed by atoms with Gasteiger partial charge >= 0.3 is 6.01 Å². The molecule has 0 aliphatic carbocycles. The Balaban J connectivity index is 1.47. The van der Waals surface area contributed by atoms with E-state index in [0.717, 1.165) is 0 Å². The van der Waals surface area contributed by atoms with E-state index >= 15 is 0 Å². The Morgan fingerprint density at radius 1 is 1.05 bits per heavy atom. The first-order valence-electron chi connectivity index (χ1n) is 11.3. The molecule has 2 amide bonds. The maximum absolute atomic E-state index is 13.5. The number of oxazole rings is 1. The fourth-order valence-electron chi connectivity index (χ4n) is 3.95. The minimum Gasteiger partial charge on any atom is -0.423 e. The molecular formula is C26H22ClN7O3. The highest BCUT2D eigenvalue weighted by Gasteiger charge is 2.31. The number of anilines is 2. The van der Waals surface area contributed by atoms with Crippen molar-refractivity contribution in [2.24, 2.45) is 4.99 Å². The molecule has 1 aliphatic rings. The topological polar surface area (TPSA) is 134 Å². The molecule has 0 fully saturated rings. The number of halogens is 1. The minimum atomic E-state index is -0.746. The molecule has 4 N–H and O–H groups in total. The number of nitrogens with zero attached hydrogens (tertiary/aromatic N) is 3. The van der Waals surface area contributed by atoms with Crippen LogP contribution in [0.1, 0.15) is 28.9 Å². The van der Waals surface area contributed by atoms with Crippen LogP contribution in [0.4, 0.5) is 11.8 Å². The van der Waals surface area contributed by atoms with Crippen molar-refractivity contribution in [3.8, 4) is 0 Å². The summed E-state index contributed by atoms with van der Waals surface area (Å²) in [5.74, 6) is -0.170. The number of aliphatic imine (C=N–C) groups is 1. The molecule has 4 aromatic rings. The molecule has 1 atom stereocenters. The van der Waals surface area contributed by atoms with Crippen molar-refractivity contribution in [1.82, 2.24) is 20.6 Å². The van der Waals surface area contributed by atoms with Gasteiger partial charge in [-0.25, -0.2) is 9.98 Å². The molecule has 2 aromatic heterocycles. The fourth-order valence-corrected chi connectivity index (χ4v) is 4.19. The van der Waals surface area contributed by atoms with Crippen LogP contribution in [0.2, 0.25) is 5.02 Å². The van der Waals surface area contributed by atoms with Gasteiger partial charge in [-0.1, -0.05) is 41.9 Å². The highest BCUT2D eigenvalue weighted by molar-refractivity contribution is 6.31. The Hall–Kier alpha value is -4.70. The number of aromatic nitrogens is 2. The summed E-state index contributed by atoms with van der Waals surface area (Å²) in [7, 11) is 1.53. The first-order chi connectivity index (χ1) is 17.9. The second-order valence-corrected chi connectivity index (χ2v) is 8.55. The highest BCUT2D eigenvalue weighted by atomic mass is 35.5. The number of amides is 2. The van der Waals surface area contributed by atoms with Gasteiger partial charge in [0.1, 0.15) is 17.4 Å². The summed E-state index contributed by atoms with van der Waals surface area (Å²) in [6.07, 6.45) is 1.45. The zero-order valence-corrected chi connectivity index (χ0v) is 20.6. The van der Waals surface area contributed by atoms with Crippen molar-refractivity contribution < 1.29 is 14.0 Å². The van der Waals surface area contributed by atoms with Gasteiger partial charge in [0.25, 0.3) is 11.8 Å². The summed E-state index contributed by atoms with van der Waals surface area (Å²) in [5.41, 5.74) is 3.21. The minimum absolute atomic E-state index is 0.226. The average molecular weight is 516 g/mol. The molecule has 0 spiro atoms. The number of carbonyl (C=O) groups is 2. The Morgan fingerprint density at radius 2 is 1.84 bits per heavy atom. The molecule has 2 aromatic carbocycles. The second-order valence-electron chi connectivity index (χ2n) is 8.14. The van der Waals surface area contributed by atoms with Crippen LogP contribution in [0.3, 0.4) is 0 Å². The van der Waals surface area contributed by atoms with Crippen LogP contribution in [0.5, 0.6) is 0 Å². The molecule has 0 saturated carbocycles. The number of pyridine rings is 1. The van der Waals surface area contributed by atoms with Crippen LogP contribution < -0.4 is 21.3 Å². The molecule has 11 heteroatoms. The first-order valence-corrected chi connectivity index (χ1v) is 11.7. The fraction of sp³-hybridized carbons (Fsp3) is 0.115. The van der Waals surface area contributed by atoms with Gasteiger partial charge in [0, 0.05) is 35.1 Å². The normalized spacial score (nSPS) is 15.1. The van der Waals surface area contributed by atoms with Crippen molar-refractivity contribution in [3.05, 3.63) is 94.3 Å². The molecule has 0 radical (unpaired) electrons. The standard InChI is InChI=1S/C26H22ClN7O3/c1-14-21(24(36)32-20-13-15(11-12-29-20)23(35)28-2)22(16-7-3-4-8-17(16)27)33-25(30-14)34-26-31-18-9-5-6-10-19(18)37-26/h3-13,22H,1-2H3,(H,28,35)(H,29,32,36)(H2,30,31,33,34). The van der Waals surface area contributed by atoms with Gasteiger partial charge < -0.3 is 20.4 Å². The lowest BCUT2D eigenvalue weighted by atomic mass is 9.95. The van der Waals surface area contributed by atoms with Crippen LogP contribution in [-0.4, -0.2) is 34.8 Å². The van der Waals surface area contributed by atoms with Crippen molar-refractivity contribution in [2.45, 2.75) is 13.0 Å². The molecule has 186 valence electrons. The van der Waals surface area contributed by atoms with Crippen LogP contribution in [0.15, 0.2) is 87.5 Å². The lowest BCUT2D eigenvalue weighted by molar-refractivity contribution is -0.113. The number of nitrogens with one attached hydrogen (secondary N) is 4. The second kappa shape index (κ2) is 10.1.